The van der Waals surface area contributed by atoms with Gasteiger partial charge in [-0.25, -0.2) is 0 Å². The average molecular weight is 174 g/mol. The fourth-order valence-electron chi connectivity index (χ4n) is 1.45. The standard InChI is InChI=1S/C9H18O3/c1-3-9(5-4-8(2)10)11-6-7-12-9/h8,10H,3-7H2,1-2H3. The molecule has 1 unspecified atom stereocenters. The highest BCUT2D eigenvalue weighted by Gasteiger charge is 2.34. The number of rotatable bonds is 4. The third kappa shape index (κ3) is 2.44. The zero-order valence-corrected chi connectivity index (χ0v) is 7.88. The summed E-state index contributed by atoms with van der Waals surface area (Å²) in [5.41, 5.74) is 0. The van der Waals surface area contributed by atoms with Gasteiger partial charge in [-0.05, 0) is 19.8 Å². The van der Waals surface area contributed by atoms with Crippen LogP contribution in [0.5, 0.6) is 0 Å². The largest absolute Gasteiger partial charge is 0.393 e. The van der Waals surface area contributed by atoms with Gasteiger partial charge in [0.05, 0.1) is 19.3 Å². The van der Waals surface area contributed by atoms with E-state index in [1.54, 1.807) is 6.92 Å². The lowest BCUT2D eigenvalue weighted by Crippen LogP contribution is -2.30. The van der Waals surface area contributed by atoms with Crippen LogP contribution in [-0.2, 0) is 9.47 Å². The van der Waals surface area contributed by atoms with Crippen LogP contribution in [0.2, 0.25) is 0 Å². The molecule has 12 heavy (non-hydrogen) atoms. The van der Waals surface area contributed by atoms with E-state index < -0.39 is 5.79 Å². The Labute approximate surface area is 73.7 Å². The van der Waals surface area contributed by atoms with E-state index in [2.05, 4.69) is 0 Å². The molecule has 3 nitrogen and oxygen atoms in total. The lowest BCUT2D eigenvalue weighted by Gasteiger charge is -2.26. The highest BCUT2D eigenvalue weighted by molar-refractivity contribution is 4.73. The van der Waals surface area contributed by atoms with Crippen LogP contribution in [0.15, 0.2) is 0 Å². The number of aliphatic hydroxyl groups is 1. The molecule has 0 spiro atoms. The molecule has 0 aliphatic carbocycles. The lowest BCUT2D eigenvalue weighted by atomic mass is 10.1. The van der Waals surface area contributed by atoms with Gasteiger partial charge >= 0.3 is 0 Å². The maximum atomic E-state index is 9.11. The topological polar surface area (TPSA) is 38.7 Å². The molecular weight excluding hydrogens is 156 g/mol. The summed E-state index contributed by atoms with van der Waals surface area (Å²) >= 11 is 0. The summed E-state index contributed by atoms with van der Waals surface area (Å²) in [6.45, 7) is 5.22. The predicted octanol–water partition coefficient (Wildman–Crippen LogP) is 1.30. The van der Waals surface area contributed by atoms with Gasteiger partial charge in [-0.2, -0.15) is 0 Å². The summed E-state index contributed by atoms with van der Waals surface area (Å²) in [6.07, 6.45) is 2.13. The molecule has 1 rings (SSSR count). The molecule has 1 aliphatic rings. The van der Waals surface area contributed by atoms with Crippen LogP contribution in [0.3, 0.4) is 0 Å². The van der Waals surface area contributed by atoms with Crippen LogP contribution in [0, 0.1) is 0 Å². The first kappa shape index (κ1) is 9.96. The van der Waals surface area contributed by atoms with Crippen LogP contribution < -0.4 is 0 Å². The molecular formula is C9H18O3. The Balaban J connectivity index is 2.34. The van der Waals surface area contributed by atoms with Crippen molar-refractivity contribution in [1.29, 1.82) is 0 Å². The predicted molar refractivity (Wildman–Crippen MR) is 45.8 cm³/mol. The highest BCUT2D eigenvalue weighted by atomic mass is 16.7. The first-order valence-corrected chi connectivity index (χ1v) is 4.64. The van der Waals surface area contributed by atoms with Gasteiger partial charge < -0.3 is 14.6 Å². The summed E-state index contributed by atoms with van der Waals surface area (Å²) in [6, 6.07) is 0. The minimum absolute atomic E-state index is 0.263. The number of hydrogen-bond acceptors (Lipinski definition) is 3. The van der Waals surface area contributed by atoms with Crippen LogP contribution in [0.4, 0.5) is 0 Å². The van der Waals surface area contributed by atoms with Gasteiger partial charge in [0, 0.05) is 6.42 Å². The lowest BCUT2D eigenvalue weighted by molar-refractivity contribution is -0.167. The smallest absolute Gasteiger partial charge is 0.168 e. The molecule has 0 amide bonds. The average Bonchev–Trinajstić information content (AvgIpc) is 2.50. The molecule has 1 aliphatic heterocycles. The molecule has 3 heteroatoms. The van der Waals surface area contributed by atoms with Crippen LogP contribution in [0.25, 0.3) is 0 Å². The maximum absolute atomic E-state index is 9.11. The van der Waals surface area contributed by atoms with Gasteiger partial charge in [0.15, 0.2) is 5.79 Å². The zero-order chi connectivity index (χ0) is 9.03. The van der Waals surface area contributed by atoms with Gasteiger partial charge in [-0.1, -0.05) is 6.92 Å². The molecule has 0 saturated carbocycles. The normalized spacial score (nSPS) is 24.2. The van der Waals surface area contributed by atoms with Crippen molar-refractivity contribution in [3.8, 4) is 0 Å². The maximum Gasteiger partial charge on any atom is 0.168 e. The second-order valence-corrected chi connectivity index (χ2v) is 3.35. The second kappa shape index (κ2) is 4.21. The minimum atomic E-state index is -0.392. The highest BCUT2D eigenvalue weighted by Crippen LogP contribution is 2.28. The Morgan fingerprint density at radius 1 is 1.42 bits per heavy atom. The Hall–Kier alpha value is -0.120. The third-order valence-electron chi connectivity index (χ3n) is 2.30. The van der Waals surface area contributed by atoms with E-state index in [9.17, 15) is 0 Å². The van der Waals surface area contributed by atoms with E-state index in [0.29, 0.717) is 13.2 Å². The Morgan fingerprint density at radius 2 is 2.00 bits per heavy atom. The SMILES string of the molecule is CCC1(CCC(C)O)OCCO1. The molecule has 0 bridgehead atoms. The summed E-state index contributed by atoms with van der Waals surface area (Å²) in [7, 11) is 0. The van der Waals surface area contributed by atoms with Gasteiger partial charge in [0.1, 0.15) is 0 Å². The van der Waals surface area contributed by atoms with Crippen molar-refractivity contribution in [3.63, 3.8) is 0 Å². The first-order valence-electron chi connectivity index (χ1n) is 4.64. The molecule has 1 heterocycles. The van der Waals surface area contributed by atoms with Crippen molar-refractivity contribution in [2.75, 3.05) is 13.2 Å². The Morgan fingerprint density at radius 3 is 2.42 bits per heavy atom. The zero-order valence-electron chi connectivity index (χ0n) is 7.88. The van der Waals surface area contributed by atoms with Crippen LogP contribution in [0.1, 0.15) is 33.1 Å². The van der Waals surface area contributed by atoms with Crippen molar-refractivity contribution in [3.05, 3.63) is 0 Å². The number of ether oxygens (including phenoxy) is 2. The second-order valence-electron chi connectivity index (χ2n) is 3.35. The van der Waals surface area contributed by atoms with E-state index in [4.69, 9.17) is 14.6 Å². The Kier molecular flexibility index (Phi) is 3.50. The summed E-state index contributed by atoms with van der Waals surface area (Å²) in [5, 5.41) is 9.11. The van der Waals surface area contributed by atoms with Crippen molar-refractivity contribution < 1.29 is 14.6 Å². The molecule has 1 N–H and O–H groups in total. The fraction of sp³-hybridized carbons (Fsp3) is 1.00. The van der Waals surface area contributed by atoms with Gasteiger partial charge in [0.25, 0.3) is 0 Å². The van der Waals surface area contributed by atoms with Gasteiger partial charge in [-0.15, -0.1) is 0 Å². The number of aliphatic hydroxyl groups excluding tert-OH is 1. The van der Waals surface area contributed by atoms with Crippen LogP contribution >= 0.6 is 0 Å². The summed E-state index contributed by atoms with van der Waals surface area (Å²) < 4.78 is 11.0. The van der Waals surface area contributed by atoms with E-state index >= 15 is 0 Å². The van der Waals surface area contributed by atoms with Gasteiger partial charge in [-0.3, -0.25) is 0 Å². The van der Waals surface area contributed by atoms with Crippen molar-refractivity contribution in [2.24, 2.45) is 0 Å². The van der Waals surface area contributed by atoms with Crippen molar-refractivity contribution in [1.82, 2.24) is 0 Å². The monoisotopic (exact) mass is 174 g/mol. The quantitative estimate of drug-likeness (QED) is 0.698. The molecule has 0 aromatic rings. The molecule has 1 saturated heterocycles. The molecule has 1 fully saturated rings. The molecule has 0 radical (unpaired) electrons. The van der Waals surface area contributed by atoms with Crippen molar-refractivity contribution in [2.45, 2.75) is 45.0 Å². The van der Waals surface area contributed by atoms with Crippen LogP contribution in [-0.4, -0.2) is 30.2 Å². The van der Waals surface area contributed by atoms with E-state index in [0.717, 1.165) is 19.3 Å². The molecule has 72 valence electrons. The number of hydrogen-bond donors (Lipinski definition) is 1. The van der Waals surface area contributed by atoms with E-state index in [1.807, 2.05) is 6.92 Å². The summed E-state index contributed by atoms with van der Waals surface area (Å²) in [4.78, 5) is 0. The van der Waals surface area contributed by atoms with Gasteiger partial charge in [0.2, 0.25) is 0 Å². The first-order chi connectivity index (χ1) is 5.68. The Bertz CT molecular complexity index is 128. The fourth-order valence-corrected chi connectivity index (χ4v) is 1.45. The molecule has 0 aromatic carbocycles. The van der Waals surface area contributed by atoms with E-state index in [1.165, 1.54) is 0 Å². The minimum Gasteiger partial charge on any atom is -0.393 e. The van der Waals surface area contributed by atoms with Crippen molar-refractivity contribution >= 4 is 0 Å². The molecule has 0 aromatic heterocycles. The summed E-state index contributed by atoms with van der Waals surface area (Å²) in [5.74, 6) is -0.392. The third-order valence-corrected chi connectivity index (χ3v) is 2.30. The van der Waals surface area contributed by atoms with E-state index in [-0.39, 0.29) is 6.10 Å². The molecule has 1 atom stereocenters.